The number of anilines is 3. The number of amides is 2. The van der Waals surface area contributed by atoms with E-state index in [1.54, 1.807) is 18.2 Å². The molecule has 9 heteroatoms. The van der Waals surface area contributed by atoms with E-state index in [4.69, 9.17) is 17.3 Å². The van der Waals surface area contributed by atoms with Crippen LogP contribution in [0.2, 0.25) is 5.02 Å². The highest BCUT2D eigenvalue weighted by Crippen LogP contribution is 2.27. The molecule has 1 aliphatic carbocycles. The molecule has 2 amide bonds. The molecule has 0 bridgehead atoms. The molecular weight excluding hydrogens is 392 g/mol. The smallest absolute Gasteiger partial charge is 0.248 e. The Balaban J connectivity index is 1.80. The average Bonchev–Trinajstić information content (AvgIpc) is 2.67. The summed E-state index contributed by atoms with van der Waals surface area (Å²) >= 11 is 6.31. The van der Waals surface area contributed by atoms with E-state index in [0.29, 0.717) is 28.0 Å². The summed E-state index contributed by atoms with van der Waals surface area (Å²) in [6.45, 7) is 3.43. The highest BCUT2D eigenvalue weighted by atomic mass is 35.5. The van der Waals surface area contributed by atoms with Crippen LogP contribution in [0.25, 0.3) is 0 Å². The van der Waals surface area contributed by atoms with E-state index in [1.807, 2.05) is 6.92 Å². The Morgan fingerprint density at radius 1 is 1.21 bits per heavy atom. The highest BCUT2D eigenvalue weighted by molar-refractivity contribution is 6.32. The SMILES string of the molecule is CC(=O)N[C@H]1CCCC[C@H]1Nc1nc(Nc2cc(C(N)=O)ccc2C)ncc1Cl. The fourth-order valence-corrected chi connectivity index (χ4v) is 3.62. The van der Waals surface area contributed by atoms with Crippen molar-refractivity contribution in [2.24, 2.45) is 5.73 Å². The van der Waals surface area contributed by atoms with Crippen LogP contribution in [0.15, 0.2) is 24.4 Å². The van der Waals surface area contributed by atoms with Crippen molar-refractivity contribution >= 4 is 40.9 Å². The van der Waals surface area contributed by atoms with Crippen LogP contribution in [0.3, 0.4) is 0 Å². The lowest BCUT2D eigenvalue weighted by molar-refractivity contribution is -0.119. The number of carbonyl (C=O) groups excluding carboxylic acids is 2. The van der Waals surface area contributed by atoms with Crippen LogP contribution < -0.4 is 21.7 Å². The van der Waals surface area contributed by atoms with E-state index in [1.165, 1.54) is 13.1 Å². The summed E-state index contributed by atoms with van der Waals surface area (Å²) in [5.74, 6) is 0.280. The predicted octanol–water partition coefficient (Wildman–Crippen LogP) is 3.14. The van der Waals surface area contributed by atoms with Crippen LogP contribution in [0.1, 0.15) is 48.5 Å². The third kappa shape index (κ3) is 5.35. The first kappa shape index (κ1) is 20.9. The van der Waals surface area contributed by atoms with Crippen LogP contribution in [0, 0.1) is 6.92 Å². The number of primary amides is 1. The van der Waals surface area contributed by atoms with Crippen LogP contribution >= 0.6 is 11.6 Å². The molecular formula is C20H25ClN6O2. The van der Waals surface area contributed by atoms with Crippen molar-refractivity contribution in [1.29, 1.82) is 0 Å². The van der Waals surface area contributed by atoms with Gasteiger partial charge in [-0.25, -0.2) is 4.98 Å². The van der Waals surface area contributed by atoms with Crippen molar-refractivity contribution < 1.29 is 9.59 Å². The van der Waals surface area contributed by atoms with Crippen molar-refractivity contribution in [2.75, 3.05) is 10.6 Å². The van der Waals surface area contributed by atoms with Crippen molar-refractivity contribution in [3.63, 3.8) is 0 Å². The monoisotopic (exact) mass is 416 g/mol. The lowest BCUT2D eigenvalue weighted by atomic mass is 9.90. The van der Waals surface area contributed by atoms with Gasteiger partial charge < -0.3 is 21.7 Å². The Labute approximate surface area is 174 Å². The number of nitrogens with two attached hydrogens (primary N) is 1. The summed E-state index contributed by atoms with van der Waals surface area (Å²) in [5.41, 5.74) is 7.36. The number of hydrogen-bond donors (Lipinski definition) is 4. The fourth-order valence-electron chi connectivity index (χ4n) is 3.47. The number of hydrogen-bond acceptors (Lipinski definition) is 6. The number of halogens is 1. The van der Waals surface area contributed by atoms with E-state index < -0.39 is 5.91 Å². The molecule has 1 aromatic carbocycles. The average molecular weight is 417 g/mol. The van der Waals surface area contributed by atoms with Crippen LogP contribution in [0.5, 0.6) is 0 Å². The zero-order valence-corrected chi connectivity index (χ0v) is 17.2. The number of aryl methyl sites for hydroxylation is 1. The second-order valence-corrected chi connectivity index (χ2v) is 7.66. The van der Waals surface area contributed by atoms with Crippen molar-refractivity contribution in [3.8, 4) is 0 Å². The third-order valence-corrected chi connectivity index (χ3v) is 5.27. The minimum Gasteiger partial charge on any atom is -0.366 e. The van der Waals surface area contributed by atoms with Gasteiger partial charge in [-0.05, 0) is 37.5 Å². The summed E-state index contributed by atoms with van der Waals surface area (Å²) in [5, 5.41) is 9.88. The highest BCUT2D eigenvalue weighted by Gasteiger charge is 2.26. The topological polar surface area (TPSA) is 122 Å². The van der Waals surface area contributed by atoms with Gasteiger partial charge in [-0.2, -0.15) is 4.98 Å². The molecule has 0 spiro atoms. The minimum atomic E-state index is -0.506. The van der Waals surface area contributed by atoms with Crippen molar-refractivity contribution in [3.05, 3.63) is 40.5 Å². The van der Waals surface area contributed by atoms with Gasteiger partial charge in [0.1, 0.15) is 5.02 Å². The van der Waals surface area contributed by atoms with E-state index in [2.05, 4.69) is 25.9 Å². The van der Waals surface area contributed by atoms with Gasteiger partial charge in [0, 0.05) is 30.3 Å². The van der Waals surface area contributed by atoms with Gasteiger partial charge >= 0.3 is 0 Å². The minimum absolute atomic E-state index is 0.0261. The summed E-state index contributed by atoms with van der Waals surface area (Å²) in [7, 11) is 0. The van der Waals surface area contributed by atoms with Gasteiger partial charge in [-0.1, -0.05) is 30.5 Å². The van der Waals surface area contributed by atoms with Crippen molar-refractivity contribution in [1.82, 2.24) is 15.3 Å². The van der Waals surface area contributed by atoms with Gasteiger partial charge in [0.25, 0.3) is 0 Å². The molecule has 2 atom stereocenters. The Morgan fingerprint density at radius 2 is 1.93 bits per heavy atom. The number of nitrogens with one attached hydrogen (secondary N) is 3. The third-order valence-electron chi connectivity index (χ3n) is 4.99. The number of nitrogens with zero attached hydrogens (tertiary/aromatic N) is 2. The second kappa shape index (κ2) is 9.09. The Hall–Kier alpha value is -2.87. The lowest BCUT2D eigenvalue weighted by Gasteiger charge is -2.33. The van der Waals surface area contributed by atoms with Gasteiger partial charge in [0.2, 0.25) is 17.8 Å². The number of rotatable bonds is 6. The zero-order valence-electron chi connectivity index (χ0n) is 16.5. The van der Waals surface area contributed by atoms with Gasteiger partial charge in [-0.15, -0.1) is 0 Å². The first-order valence-corrected chi connectivity index (χ1v) is 9.95. The van der Waals surface area contributed by atoms with Crippen LogP contribution in [0.4, 0.5) is 17.5 Å². The fraction of sp³-hybridized carbons (Fsp3) is 0.400. The zero-order chi connectivity index (χ0) is 21.0. The van der Waals surface area contributed by atoms with Gasteiger partial charge in [0.05, 0.1) is 6.20 Å². The van der Waals surface area contributed by atoms with Gasteiger partial charge in [0.15, 0.2) is 5.82 Å². The standard InChI is InChI=1S/C20H25ClN6O2/c1-11-7-8-13(18(22)29)9-17(11)26-20-23-10-14(21)19(27-20)25-16-6-4-3-5-15(16)24-12(2)28/h7-10,15-16H,3-6H2,1-2H3,(H2,22,29)(H,24,28)(H2,23,25,26,27)/t15-,16+/m0/s1. The predicted molar refractivity (Wildman–Crippen MR) is 114 cm³/mol. The van der Waals surface area contributed by atoms with Crippen LogP contribution in [-0.2, 0) is 4.79 Å². The van der Waals surface area contributed by atoms with Gasteiger partial charge in [-0.3, -0.25) is 9.59 Å². The molecule has 0 radical (unpaired) electrons. The molecule has 2 aromatic rings. The molecule has 0 unspecified atom stereocenters. The molecule has 5 N–H and O–H groups in total. The summed E-state index contributed by atoms with van der Waals surface area (Å²) in [6.07, 6.45) is 5.48. The molecule has 0 saturated heterocycles. The molecule has 29 heavy (non-hydrogen) atoms. The number of aromatic nitrogens is 2. The molecule has 0 aliphatic heterocycles. The Bertz CT molecular complexity index is 920. The Morgan fingerprint density at radius 3 is 2.62 bits per heavy atom. The first-order valence-electron chi connectivity index (χ1n) is 9.57. The molecule has 154 valence electrons. The second-order valence-electron chi connectivity index (χ2n) is 7.25. The maximum atomic E-state index is 11.5. The summed E-state index contributed by atoms with van der Waals surface area (Å²) in [6, 6.07) is 5.20. The Kier molecular flexibility index (Phi) is 6.53. The summed E-state index contributed by atoms with van der Waals surface area (Å²) < 4.78 is 0. The maximum Gasteiger partial charge on any atom is 0.248 e. The molecule has 1 aliphatic rings. The van der Waals surface area contributed by atoms with E-state index in [-0.39, 0.29) is 18.0 Å². The largest absolute Gasteiger partial charge is 0.366 e. The summed E-state index contributed by atoms with van der Waals surface area (Å²) in [4.78, 5) is 31.7. The molecule has 1 saturated carbocycles. The molecule has 8 nitrogen and oxygen atoms in total. The number of carbonyl (C=O) groups is 2. The first-order chi connectivity index (χ1) is 13.8. The quantitative estimate of drug-likeness (QED) is 0.573. The molecule has 1 fully saturated rings. The van der Waals surface area contributed by atoms with Crippen molar-refractivity contribution in [2.45, 2.75) is 51.6 Å². The maximum absolute atomic E-state index is 11.5. The molecule has 1 heterocycles. The molecule has 1 aromatic heterocycles. The normalized spacial score (nSPS) is 18.7. The van der Waals surface area contributed by atoms with E-state index >= 15 is 0 Å². The molecule has 3 rings (SSSR count). The number of benzene rings is 1. The lowest BCUT2D eigenvalue weighted by Crippen LogP contribution is -2.48. The van der Waals surface area contributed by atoms with E-state index in [0.717, 1.165) is 31.2 Å². The van der Waals surface area contributed by atoms with E-state index in [9.17, 15) is 9.59 Å². The van der Waals surface area contributed by atoms with Crippen LogP contribution in [-0.4, -0.2) is 33.9 Å².